The summed E-state index contributed by atoms with van der Waals surface area (Å²) in [5.41, 5.74) is 0.215. The second kappa shape index (κ2) is 8.17. The molecule has 2 heteroatoms. The monoisotopic (exact) mass is 306 g/mol. The SMILES string of the molecule is CCCCCCCCC(CCC)C12C=CC(C1)C(C(=O)O)C2. The van der Waals surface area contributed by atoms with Crippen molar-refractivity contribution >= 4 is 5.97 Å². The van der Waals surface area contributed by atoms with Gasteiger partial charge in [-0.25, -0.2) is 0 Å². The lowest BCUT2D eigenvalue weighted by atomic mass is 9.70. The van der Waals surface area contributed by atoms with Gasteiger partial charge in [-0.2, -0.15) is 0 Å². The van der Waals surface area contributed by atoms with Crippen LogP contribution in [-0.4, -0.2) is 11.1 Å². The van der Waals surface area contributed by atoms with Crippen LogP contribution in [0.3, 0.4) is 0 Å². The third kappa shape index (κ3) is 3.94. The predicted octanol–water partition coefficient (Wildman–Crippen LogP) is 5.82. The molecule has 1 saturated carbocycles. The molecule has 0 amide bonds. The van der Waals surface area contributed by atoms with Crippen LogP contribution in [0.4, 0.5) is 0 Å². The molecule has 1 N–H and O–H groups in total. The van der Waals surface area contributed by atoms with Crippen molar-refractivity contribution in [2.24, 2.45) is 23.2 Å². The van der Waals surface area contributed by atoms with Gasteiger partial charge in [0.05, 0.1) is 5.92 Å². The Morgan fingerprint density at radius 3 is 2.45 bits per heavy atom. The maximum absolute atomic E-state index is 11.4. The van der Waals surface area contributed by atoms with E-state index >= 15 is 0 Å². The van der Waals surface area contributed by atoms with Crippen molar-refractivity contribution in [3.63, 3.8) is 0 Å². The van der Waals surface area contributed by atoms with E-state index in [1.165, 1.54) is 57.8 Å². The van der Waals surface area contributed by atoms with Gasteiger partial charge in [0.15, 0.2) is 0 Å². The van der Waals surface area contributed by atoms with Crippen molar-refractivity contribution in [3.8, 4) is 0 Å². The van der Waals surface area contributed by atoms with Crippen LogP contribution in [0.25, 0.3) is 0 Å². The van der Waals surface area contributed by atoms with Crippen LogP contribution in [0, 0.1) is 23.2 Å². The average Bonchev–Trinajstić information content (AvgIpc) is 3.09. The maximum atomic E-state index is 11.4. The minimum absolute atomic E-state index is 0.117. The first kappa shape index (κ1) is 17.6. The number of aliphatic carboxylic acids is 1. The molecule has 0 radical (unpaired) electrons. The Hall–Kier alpha value is -0.790. The van der Waals surface area contributed by atoms with E-state index in [1.54, 1.807) is 0 Å². The van der Waals surface area contributed by atoms with E-state index in [9.17, 15) is 9.90 Å². The summed E-state index contributed by atoms with van der Waals surface area (Å²) < 4.78 is 0. The first-order chi connectivity index (χ1) is 10.6. The van der Waals surface area contributed by atoms with Crippen LogP contribution in [0.5, 0.6) is 0 Å². The molecule has 1 fully saturated rings. The zero-order chi connectivity index (χ0) is 16.0. The van der Waals surface area contributed by atoms with Gasteiger partial charge in [-0.05, 0) is 42.9 Å². The minimum atomic E-state index is -0.578. The van der Waals surface area contributed by atoms with Gasteiger partial charge < -0.3 is 5.11 Å². The van der Waals surface area contributed by atoms with E-state index in [1.807, 2.05) is 0 Å². The van der Waals surface area contributed by atoms with Gasteiger partial charge >= 0.3 is 5.97 Å². The molecule has 0 spiro atoms. The van der Waals surface area contributed by atoms with Crippen LogP contribution in [-0.2, 0) is 4.79 Å². The first-order valence-electron chi connectivity index (χ1n) is 9.55. The van der Waals surface area contributed by atoms with E-state index in [0.29, 0.717) is 11.8 Å². The zero-order valence-electron chi connectivity index (χ0n) is 14.5. The van der Waals surface area contributed by atoms with Crippen LogP contribution in [0.15, 0.2) is 12.2 Å². The van der Waals surface area contributed by atoms with Gasteiger partial charge in [-0.15, -0.1) is 0 Å². The highest BCUT2D eigenvalue weighted by Crippen LogP contribution is 2.58. The van der Waals surface area contributed by atoms with Crippen molar-refractivity contribution in [2.75, 3.05) is 0 Å². The second-order valence-corrected chi connectivity index (χ2v) is 7.65. The number of hydrogen-bond acceptors (Lipinski definition) is 1. The number of unbranched alkanes of at least 4 members (excludes halogenated alkanes) is 5. The normalized spacial score (nSPS) is 30.8. The molecule has 4 atom stereocenters. The molecule has 22 heavy (non-hydrogen) atoms. The molecule has 2 rings (SSSR count). The maximum Gasteiger partial charge on any atom is 0.307 e. The summed E-state index contributed by atoms with van der Waals surface area (Å²) in [6.07, 6.45) is 18.5. The summed E-state index contributed by atoms with van der Waals surface area (Å²) >= 11 is 0. The number of allylic oxidation sites excluding steroid dienone is 2. The summed E-state index contributed by atoms with van der Waals surface area (Å²) in [5, 5.41) is 9.42. The lowest BCUT2D eigenvalue weighted by molar-refractivity contribution is -0.142. The molecule has 4 unspecified atom stereocenters. The van der Waals surface area contributed by atoms with Crippen molar-refractivity contribution in [3.05, 3.63) is 12.2 Å². The van der Waals surface area contributed by atoms with Crippen LogP contribution in [0.2, 0.25) is 0 Å². The fourth-order valence-corrected chi connectivity index (χ4v) is 4.86. The molecular formula is C20H34O2. The second-order valence-electron chi connectivity index (χ2n) is 7.65. The average molecular weight is 306 g/mol. The molecule has 0 aromatic heterocycles. The molecule has 0 aromatic carbocycles. The van der Waals surface area contributed by atoms with Gasteiger partial charge in [0.2, 0.25) is 0 Å². The van der Waals surface area contributed by atoms with Gasteiger partial charge in [0, 0.05) is 0 Å². The Morgan fingerprint density at radius 2 is 1.82 bits per heavy atom. The van der Waals surface area contributed by atoms with Crippen molar-refractivity contribution in [1.82, 2.24) is 0 Å². The fourth-order valence-electron chi connectivity index (χ4n) is 4.86. The topological polar surface area (TPSA) is 37.3 Å². The Labute approximate surface area is 136 Å². The minimum Gasteiger partial charge on any atom is -0.481 e. The Balaban J connectivity index is 1.86. The predicted molar refractivity (Wildman–Crippen MR) is 91.8 cm³/mol. The lowest BCUT2D eigenvalue weighted by Gasteiger charge is -2.35. The third-order valence-electron chi connectivity index (χ3n) is 6.08. The Kier molecular flexibility index (Phi) is 6.52. The Morgan fingerprint density at radius 1 is 1.09 bits per heavy atom. The van der Waals surface area contributed by atoms with Crippen LogP contribution in [0.1, 0.15) is 84.5 Å². The van der Waals surface area contributed by atoms with Gasteiger partial charge in [0.1, 0.15) is 0 Å². The van der Waals surface area contributed by atoms with Crippen LogP contribution < -0.4 is 0 Å². The quantitative estimate of drug-likeness (QED) is 0.386. The summed E-state index contributed by atoms with van der Waals surface area (Å²) in [4.78, 5) is 11.4. The number of hydrogen-bond donors (Lipinski definition) is 1. The highest BCUT2D eigenvalue weighted by atomic mass is 16.4. The van der Waals surface area contributed by atoms with Gasteiger partial charge in [-0.1, -0.05) is 70.9 Å². The zero-order valence-corrected chi connectivity index (χ0v) is 14.5. The Bertz CT molecular complexity index is 387. The highest BCUT2D eigenvalue weighted by Gasteiger charge is 2.52. The van der Waals surface area contributed by atoms with Gasteiger partial charge in [0.25, 0.3) is 0 Å². The first-order valence-corrected chi connectivity index (χ1v) is 9.55. The molecule has 0 saturated heterocycles. The van der Waals surface area contributed by atoms with E-state index in [0.717, 1.165) is 12.8 Å². The van der Waals surface area contributed by atoms with E-state index in [4.69, 9.17) is 0 Å². The van der Waals surface area contributed by atoms with Crippen molar-refractivity contribution < 1.29 is 9.90 Å². The van der Waals surface area contributed by atoms with E-state index in [-0.39, 0.29) is 11.3 Å². The standard InChI is InChI=1S/C20H34O2/c1-3-5-6-7-8-9-11-17(10-4-2)20-13-12-16(14-20)18(15-20)19(21)22/h12-13,16-18H,3-11,14-15H2,1-2H3,(H,21,22). The summed E-state index contributed by atoms with van der Waals surface area (Å²) in [7, 11) is 0. The van der Waals surface area contributed by atoms with E-state index in [2.05, 4.69) is 26.0 Å². The lowest BCUT2D eigenvalue weighted by Crippen LogP contribution is -2.27. The molecular weight excluding hydrogens is 272 g/mol. The molecule has 2 aliphatic carbocycles. The number of rotatable bonds is 11. The summed E-state index contributed by atoms with van der Waals surface area (Å²) in [6, 6.07) is 0. The number of carboxylic acids is 1. The molecule has 2 aliphatic rings. The third-order valence-corrected chi connectivity index (χ3v) is 6.08. The largest absolute Gasteiger partial charge is 0.481 e. The number of carbonyl (C=O) groups is 1. The molecule has 126 valence electrons. The highest BCUT2D eigenvalue weighted by molar-refractivity contribution is 5.72. The molecule has 2 nitrogen and oxygen atoms in total. The van der Waals surface area contributed by atoms with Crippen molar-refractivity contribution in [1.29, 1.82) is 0 Å². The molecule has 2 bridgehead atoms. The number of carboxylic acid groups (broad SMARTS) is 1. The number of fused-ring (bicyclic) bond motifs is 2. The van der Waals surface area contributed by atoms with Gasteiger partial charge in [-0.3, -0.25) is 4.79 Å². The molecule has 0 aromatic rings. The van der Waals surface area contributed by atoms with E-state index < -0.39 is 5.97 Å². The fraction of sp³-hybridized carbons (Fsp3) is 0.850. The molecule has 0 heterocycles. The smallest absolute Gasteiger partial charge is 0.307 e. The summed E-state index contributed by atoms with van der Waals surface area (Å²) in [6.45, 7) is 4.53. The molecule has 0 aliphatic heterocycles. The summed E-state index contributed by atoms with van der Waals surface area (Å²) in [5.74, 6) is 0.315. The van der Waals surface area contributed by atoms with Crippen LogP contribution >= 0.6 is 0 Å². The van der Waals surface area contributed by atoms with Crippen molar-refractivity contribution in [2.45, 2.75) is 84.5 Å².